The summed E-state index contributed by atoms with van der Waals surface area (Å²) < 4.78 is 26.5. The predicted molar refractivity (Wildman–Crippen MR) is 80.8 cm³/mol. The summed E-state index contributed by atoms with van der Waals surface area (Å²) in [6.07, 6.45) is 0. The fourth-order valence-electron chi connectivity index (χ4n) is 1.94. The molecule has 1 heterocycles. The van der Waals surface area contributed by atoms with Crippen LogP contribution in [0, 0.1) is 0 Å². The molecule has 0 aromatic heterocycles. The van der Waals surface area contributed by atoms with E-state index in [0.717, 1.165) is 0 Å². The van der Waals surface area contributed by atoms with Crippen LogP contribution in [-0.2, 0) is 10.0 Å². The van der Waals surface area contributed by atoms with Crippen molar-refractivity contribution in [2.75, 3.05) is 10.1 Å². The van der Waals surface area contributed by atoms with Crippen molar-refractivity contribution in [3.63, 3.8) is 0 Å². The van der Waals surface area contributed by atoms with Crippen molar-refractivity contribution in [1.82, 2.24) is 0 Å². The van der Waals surface area contributed by atoms with Crippen LogP contribution in [0.25, 0.3) is 0 Å². The number of sulfonamides is 1. The monoisotopic (exact) mass is 301 g/mol. The van der Waals surface area contributed by atoms with Crippen LogP contribution in [0.2, 0.25) is 0 Å². The third-order valence-electron chi connectivity index (χ3n) is 2.93. The van der Waals surface area contributed by atoms with E-state index in [1.54, 1.807) is 42.5 Å². The fourth-order valence-corrected chi connectivity index (χ4v) is 3.02. The zero-order valence-electron chi connectivity index (χ0n) is 10.8. The molecule has 0 saturated heterocycles. The number of benzene rings is 2. The van der Waals surface area contributed by atoms with Gasteiger partial charge in [-0.05, 0) is 24.3 Å². The second-order valence-electron chi connectivity index (χ2n) is 4.37. The Hall–Kier alpha value is -2.67. The third-order valence-corrected chi connectivity index (χ3v) is 4.20. The van der Waals surface area contributed by atoms with Crippen LogP contribution < -0.4 is 10.1 Å². The zero-order chi connectivity index (χ0) is 14.9. The van der Waals surface area contributed by atoms with Gasteiger partial charge in [-0.1, -0.05) is 30.3 Å². The average molecular weight is 301 g/mol. The molecule has 1 aliphatic rings. The molecule has 0 aliphatic carbocycles. The SMILES string of the molecule is O=C1/C(=N/Nc2ccccc2)S(=O)(=O)Nc2ccccc21. The summed E-state index contributed by atoms with van der Waals surface area (Å²) in [5.74, 6) is -0.632. The number of nitrogens with one attached hydrogen (secondary N) is 2. The van der Waals surface area contributed by atoms with Gasteiger partial charge in [-0.2, -0.15) is 13.5 Å². The standard InChI is InChI=1S/C14H11N3O3S/c18-13-11-8-4-5-9-12(11)17-21(19,20)14(13)16-15-10-6-2-1-3-7-10/h1-9,15,17H/b16-14-. The summed E-state index contributed by atoms with van der Waals surface area (Å²) >= 11 is 0. The van der Waals surface area contributed by atoms with E-state index in [1.807, 2.05) is 6.07 Å². The normalized spacial score (nSPS) is 17.9. The Bertz CT molecular complexity index is 830. The van der Waals surface area contributed by atoms with Gasteiger partial charge in [0.15, 0.2) is 0 Å². The number of hydrazone groups is 1. The Labute approximate surface area is 121 Å². The molecule has 21 heavy (non-hydrogen) atoms. The van der Waals surface area contributed by atoms with Crippen LogP contribution in [-0.4, -0.2) is 19.2 Å². The highest BCUT2D eigenvalue weighted by atomic mass is 32.2. The lowest BCUT2D eigenvalue weighted by molar-refractivity contribution is 0.106. The molecule has 7 heteroatoms. The lowest BCUT2D eigenvalue weighted by Crippen LogP contribution is -2.36. The van der Waals surface area contributed by atoms with E-state index in [1.165, 1.54) is 6.07 Å². The van der Waals surface area contributed by atoms with Crippen molar-refractivity contribution in [3.05, 3.63) is 60.2 Å². The Morgan fingerprint density at radius 1 is 0.952 bits per heavy atom. The summed E-state index contributed by atoms with van der Waals surface area (Å²) in [5, 5.41) is 3.20. The molecular formula is C14H11N3O3S. The number of para-hydroxylation sites is 2. The highest BCUT2D eigenvalue weighted by Crippen LogP contribution is 2.24. The van der Waals surface area contributed by atoms with Crippen molar-refractivity contribution >= 4 is 32.2 Å². The second kappa shape index (κ2) is 5.02. The first-order valence-electron chi connectivity index (χ1n) is 6.13. The Morgan fingerprint density at radius 3 is 2.38 bits per heavy atom. The molecule has 3 rings (SSSR count). The molecule has 2 aromatic carbocycles. The quantitative estimate of drug-likeness (QED) is 0.831. The van der Waals surface area contributed by atoms with Crippen molar-refractivity contribution < 1.29 is 13.2 Å². The molecule has 0 fully saturated rings. The molecule has 0 radical (unpaired) electrons. The zero-order valence-corrected chi connectivity index (χ0v) is 11.6. The number of anilines is 2. The largest absolute Gasteiger partial charge is 0.286 e. The van der Waals surface area contributed by atoms with Gasteiger partial charge in [0, 0.05) is 5.56 Å². The molecular weight excluding hydrogens is 290 g/mol. The molecule has 0 unspecified atom stereocenters. The van der Waals surface area contributed by atoms with Gasteiger partial charge in [0.2, 0.25) is 10.8 Å². The summed E-state index contributed by atoms with van der Waals surface area (Å²) in [5.41, 5.74) is 3.71. The number of hydrogen-bond acceptors (Lipinski definition) is 5. The van der Waals surface area contributed by atoms with Gasteiger partial charge in [0.05, 0.1) is 11.4 Å². The topological polar surface area (TPSA) is 87.6 Å². The molecule has 0 atom stereocenters. The number of carbonyl (C=O) groups excluding carboxylic acids is 1. The molecule has 2 aromatic rings. The van der Waals surface area contributed by atoms with Gasteiger partial charge in [0.25, 0.3) is 10.0 Å². The van der Waals surface area contributed by atoms with Crippen LogP contribution in [0.15, 0.2) is 59.7 Å². The molecule has 6 nitrogen and oxygen atoms in total. The molecule has 1 aliphatic heterocycles. The van der Waals surface area contributed by atoms with Crippen LogP contribution in [0.3, 0.4) is 0 Å². The minimum absolute atomic E-state index is 0.265. The van der Waals surface area contributed by atoms with E-state index in [4.69, 9.17) is 0 Å². The molecule has 106 valence electrons. The van der Waals surface area contributed by atoms with Gasteiger partial charge in [-0.25, -0.2) is 0 Å². The maximum atomic E-state index is 12.3. The van der Waals surface area contributed by atoms with Crippen LogP contribution >= 0.6 is 0 Å². The number of nitrogens with zero attached hydrogens (tertiary/aromatic N) is 1. The minimum Gasteiger partial charge on any atom is -0.286 e. The second-order valence-corrected chi connectivity index (χ2v) is 5.97. The fraction of sp³-hybridized carbons (Fsp3) is 0. The highest BCUT2D eigenvalue weighted by molar-refractivity contribution is 8.09. The smallest absolute Gasteiger partial charge is 0.285 e. The van der Waals surface area contributed by atoms with E-state index in [9.17, 15) is 13.2 Å². The van der Waals surface area contributed by atoms with Gasteiger partial charge in [-0.3, -0.25) is 14.9 Å². The minimum atomic E-state index is -3.97. The number of Topliss-reactive ketones (excluding diaryl/α,β-unsaturated/α-hetero) is 1. The predicted octanol–water partition coefficient (Wildman–Crippen LogP) is 2.05. The van der Waals surface area contributed by atoms with E-state index < -0.39 is 20.9 Å². The number of rotatable bonds is 2. The van der Waals surface area contributed by atoms with E-state index in [0.29, 0.717) is 5.69 Å². The Morgan fingerprint density at radius 2 is 1.62 bits per heavy atom. The van der Waals surface area contributed by atoms with Gasteiger partial charge >= 0.3 is 0 Å². The van der Waals surface area contributed by atoms with Crippen molar-refractivity contribution in [3.8, 4) is 0 Å². The Kier molecular flexibility index (Phi) is 3.19. The first-order chi connectivity index (χ1) is 10.1. The number of ketones is 1. The lowest BCUT2D eigenvalue weighted by atomic mass is 10.1. The van der Waals surface area contributed by atoms with Crippen molar-refractivity contribution in [2.45, 2.75) is 0 Å². The van der Waals surface area contributed by atoms with E-state index in [-0.39, 0.29) is 11.3 Å². The molecule has 0 saturated carbocycles. The molecule has 0 bridgehead atoms. The molecule has 0 spiro atoms. The lowest BCUT2D eigenvalue weighted by Gasteiger charge is -2.18. The number of carbonyl (C=O) groups is 1. The summed E-state index contributed by atoms with van der Waals surface area (Å²) in [6, 6.07) is 15.2. The van der Waals surface area contributed by atoms with E-state index in [2.05, 4.69) is 15.2 Å². The molecule has 0 amide bonds. The first-order valence-corrected chi connectivity index (χ1v) is 7.61. The van der Waals surface area contributed by atoms with Crippen LogP contribution in [0.4, 0.5) is 11.4 Å². The van der Waals surface area contributed by atoms with Gasteiger partial charge < -0.3 is 0 Å². The third kappa shape index (κ3) is 2.50. The maximum Gasteiger partial charge on any atom is 0.285 e. The number of fused-ring (bicyclic) bond motifs is 1. The van der Waals surface area contributed by atoms with E-state index >= 15 is 0 Å². The van der Waals surface area contributed by atoms with Crippen molar-refractivity contribution in [2.24, 2.45) is 5.10 Å². The average Bonchev–Trinajstić information content (AvgIpc) is 2.47. The number of hydrogen-bond donors (Lipinski definition) is 2. The summed E-state index contributed by atoms with van der Waals surface area (Å²) in [4.78, 5) is 12.3. The summed E-state index contributed by atoms with van der Waals surface area (Å²) in [6.45, 7) is 0. The van der Waals surface area contributed by atoms with Crippen LogP contribution in [0.5, 0.6) is 0 Å². The van der Waals surface area contributed by atoms with Gasteiger partial charge in [0.1, 0.15) is 0 Å². The first kappa shape index (κ1) is 13.3. The highest BCUT2D eigenvalue weighted by Gasteiger charge is 2.35. The van der Waals surface area contributed by atoms with Crippen LogP contribution in [0.1, 0.15) is 10.4 Å². The van der Waals surface area contributed by atoms with Crippen molar-refractivity contribution in [1.29, 1.82) is 0 Å². The maximum absolute atomic E-state index is 12.3. The summed E-state index contributed by atoms with van der Waals surface area (Å²) in [7, 11) is -3.97. The Balaban J connectivity index is 2.00. The molecule has 2 N–H and O–H groups in total. The van der Waals surface area contributed by atoms with Gasteiger partial charge in [-0.15, -0.1) is 0 Å².